The first-order chi connectivity index (χ1) is 9.81. The van der Waals surface area contributed by atoms with Crippen LogP contribution in [0.2, 0.25) is 0 Å². The molecular weight excluding hydrogens is 282 g/mol. The first-order valence-electron chi connectivity index (χ1n) is 6.38. The van der Waals surface area contributed by atoms with Gasteiger partial charge in [-0.15, -0.1) is 0 Å². The zero-order chi connectivity index (χ0) is 16.0. The van der Waals surface area contributed by atoms with Crippen LogP contribution >= 0.6 is 0 Å². The number of carbonyl (C=O) groups excluding carboxylic acids is 1. The fraction of sp³-hybridized carbons (Fsp3) is 0.429. The van der Waals surface area contributed by atoms with Crippen LogP contribution in [-0.2, 0) is 16.0 Å². The van der Waals surface area contributed by atoms with Crippen LogP contribution in [0.15, 0.2) is 18.2 Å². The van der Waals surface area contributed by atoms with E-state index in [0.717, 1.165) is 11.0 Å². The highest BCUT2D eigenvalue weighted by molar-refractivity contribution is 5.83. The Kier molecular flexibility index (Phi) is 6.23. The zero-order valence-corrected chi connectivity index (χ0v) is 12.0. The normalized spacial score (nSPS) is 10.7. The third kappa shape index (κ3) is 5.47. The van der Waals surface area contributed by atoms with Crippen molar-refractivity contribution in [3.63, 3.8) is 0 Å². The molecule has 0 aliphatic heterocycles. The molecule has 0 aromatic heterocycles. The largest absolute Gasteiger partial charge is 0.480 e. The predicted molar refractivity (Wildman–Crippen MR) is 72.8 cm³/mol. The van der Waals surface area contributed by atoms with Gasteiger partial charge in [0.05, 0.1) is 6.42 Å². The predicted octanol–water partition coefficient (Wildman–Crippen LogP) is 0.982. The number of carboxylic acid groups (broad SMARTS) is 1. The highest BCUT2D eigenvalue weighted by Gasteiger charge is 2.19. The number of amides is 1. The minimum absolute atomic E-state index is 0.0831. The molecule has 116 valence electrons. The lowest BCUT2D eigenvalue weighted by Crippen LogP contribution is -2.40. The van der Waals surface area contributed by atoms with E-state index in [-0.39, 0.29) is 18.5 Å². The Bertz CT molecular complexity index is 521. The molecule has 0 spiro atoms. The van der Waals surface area contributed by atoms with Gasteiger partial charge in [0.15, 0.2) is 11.6 Å². The van der Waals surface area contributed by atoms with Crippen molar-refractivity contribution in [1.82, 2.24) is 9.80 Å². The minimum atomic E-state index is -1.15. The lowest BCUT2D eigenvalue weighted by Gasteiger charge is -2.22. The van der Waals surface area contributed by atoms with E-state index in [1.807, 2.05) is 0 Å². The van der Waals surface area contributed by atoms with Gasteiger partial charge in [-0.3, -0.25) is 9.59 Å². The number of halogens is 2. The topological polar surface area (TPSA) is 60.9 Å². The van der Waals surface area contributed by atoms with E-state index in [9.17, 15) is 18.4 Å². The second-order valence-electron chi connectivity index (χ2n) is 4.90. The van der Waals surface area contributed by atoms with Crippen LogP contribution in [0, 0.1) is 11.6 Å². The van der Waals surface area contributed by atoms with Gasteiger partial charge in [-0.25, -0.2) is 8.78 Å². The Morgan fingerprint density at radius 1 is 1.19 bits per heavy atom. The monoisotopic (exact) mass is 300 g/mol. The minimum Gasteiger partial charge on any atom is -0.480 e. The molecular formula is C14H18F2N2O3. The number of aliphatic carboxylic acids is 1. The molecule has 1 aromatic carbocycles. The molecule has 7 heteroatoms. The van der Waals surface area contributed by atoms with E-state index in [4.69, 9.17) is 5.11 Å². The quantitative estimate of drug-likeness (QED) is 0.815. The summed E-state index contributed by atoms with van der Waals surface area (Å²) in [5.41, 5.74) is -0.0831. The first-order valence-corrected chi connectivity index (χ1v) is 6.38. The summed E-state index contributed by atoms with van der Waals surface area (Å²) in [5.74, 6) is -3.81. The molecule has 0 saturated carbocycles. The molecule has 0 fully saturated rings. The maximum Gasteiger partial charge on any atom is 0.323 e. The van der Waals surface area contributed by atoms with Crippen LogP contribution in [0.4, 0.5) is 8.78 Å². The summed E-state index contributed by atoms with van der Waals surface area (Å²) in [7, 11) is 3.57. The Morgan fingerprint density at radius 2 is 1.86 bits per heavy atom. The summed E-state index contributed by atoms with van der Waals surface area (Å²) in [6.45, 7) is 0.212. The molecule has 1 N–H and O–H groups in total. The van der Waals surface area contributed by atoms with Gasteiger partial charge < -0.3 is 14.9 Å². The smallest absolute Gasteiger partial charge is 0.323 e. The van der Waals surface area contributed by atoms with E-state index in [2.05, 4.69) is 0 Å². The number of hydrogen-bond acceptors (Lipinski definition) is 3. The van der Waals surface area contributed by atoms with Crippen LogP contribution < -0.4 is 0 Å². The summed E-state index contributed by atoms with van der Waals surface area (Å²) in [6.07, 6.45) is -0.371. The zero-order valence-electron chi connectivity index (χ0n) is 12.0. The Labute approximate surface area is 121 Å². The van der Waals surface area contributed by atoms with Crippen molar-refractivity contribution in [2.24, 2.45) is 0 Å². The molecule has 0 unspecified atom stereocenters. The average molecular weight is 300 g/mol. The van der Waals surface area contributed by atoms with Gasteiger partial charge in [-0.1, -0.05) is 12.1 Å². The van der Waals surface area contributed by atoms with E-state index < -0.39 is 30.1 Å². The molecule has 1 aromatic rings. The van der Waals surface area contributed by atoms with E-state index in [0.29, 0.717) is 6.54 Å². The summed E-state index contributed by atoms with van der Waals surface area (Å²) in [5, 5.41) is 8.82. The Balaban J connectivity index is 2.79. The van der Waals surface area contributed by atoms with E-state index >= 15 is 0 Å². The van der Waals surface area contributed by atoms with Gasteiger partial charge >= 0.3 is 5.97 Å². The van der Waals surface area contributed by atoms with Gasteiger partial charge in [0.2, 0.25) is 5.91 Å². The molecule has 0 bridgehead atoms. The van der Waals surface area contributed by atoms with Gasteiger partial charge in [0.1, 0.15) is 6.54 Å². The highest BCUT2D eigenvalue weighted by Crippen LogP contribution is 2.13. The summed E-state index contributed by atoms with van der Waals surface area (Å²) >= 11 is 0. The average Bonchev–Trinajstić information content (AvgIpc) is 2.39. The summed E-state index contributed by atoms with van der Waals surface area (Å²) < 4.78 is 26.6. The number of hydrogen-bond donors (Lipinski definition) is 1. The molecule has 1 rings (SSSR count). The second-order valence-corrected chi connectivity index (χ2v) is 4.90. The molecule has 5 nitrogen and oxygen atoms in total. The van der Waals surface area contributed by atoms with Gasteiger partial charge in [0, 0.05) is 18.7 Å². The fourth-order valence-electron chi connectivity index (χ4n) is 1.74. The molecule has 0 saturated heterocycles. The van der Waals surface area contributed by atoms with Crippen LogP contribution in [0.1, 0.15) is 5.56 Å². The summed E-state index contributed by atoms with van der Waals surface area (Å²) in [6, 6.07) is 3.58. The van der Waals surface area contributed by atoms with Crippen molar-refractivity contribution in [2.45, 2.75) is 6.42 Å². The number of likely N-dealkylation sites (N-methyl/N-ethyl adjacent to an activating group) is 1. The third-order valence-electron chi connectivity index (χ3n) is 2.87. The van der Waals surface area contributed by atoms with Crippen LogP contribution in [0.3, 0.4) is 0 Å². The lowest BCUT2D eigenvalue weighted by atomic mass is 10.1. The third-order valence-corrected chi connectivity index (χ3v) is 2.87. The van der Waals surface area contributed by atoms with Crippen molar-refractivity contribution in [3.05, 3.63) is 35.4 Å². The van der Waals surface area contributed by atoms with Gasteiger partial charge in [-0.2, -0.15) is 0 Å². The number of benzene rings is 1. The molecule has 0 aliphatic carbocycles. The van der Waals surface area contributed by atoms with Crippen LogP contribution in [0.5, 0.6) is 0 Å². The van der Waals surface area contributed by atoms with Gasteiger partial charge in [-0.05, 0) is 20.2 Å². The SMILES string of the molecule is CN(C)CCN(CC(=O)O)C(=O)Cc1cccc(F)c1F. The van der Waals surface area contributed by atoms with E-state index in [1.54, 1.807) is 19.0 Å². The van der Waals surface area contributed by atoms with Crippen LogP contribution in [-0.4, -0.2) is 60.5 Å². The number of rotatable bonds is 7. The van der Waals surface area contributed by atoms with Crippen molar-refractivity contribution in [2.75, 3.05) is 33.7 Å². The summed E-state index contributed by atoms with van der Waals surface area (Å²) in [4.78, 5) is 25.8. The highest BCUT2D eigenvalue weighted by atomic mass is 19.2. The second kappa shape index (κ2) is 7.68. The van der Waals surface area contributed by atoms with Crippen molar-refractivity contribution in [1.29, 1.82) is 0 Å². The van der Waals surface area contributed by atoms with E-state index in [1.165, 1.54) is 12.1 Å². The Hall–Kier alpha value is -2.02. The lowest BCUT2D eigenvalue weighted by molar-refractivity contribution is -0.144. The van der Waals surface area contributed by atoms with Gasteiger partial charge in [0.25, 0.3) is 0 Å². The van der Waals surface area contributed by atoms with Crippen molar-refractivity contribution in [3.8, 4) is 0 Å². The Morgan fingerprint density at radius 3 is 2.43 bits per heavy atom. The number of carbonyl (C=O) groups is 2. The molecule has 0 aliphatic rings. The molecule has 0 radical (unpaired) electrons. The maximum absolute atomic E-state index is 13.5. The molecule has 0 atom stereocenters. The van der Waals surface area contributed by atoms with Crippen LogP contribution in [0.25, 0.3) is 0 Å². The first kappa shape index (κ1) is 17.0. The maximum atomic E-state index is 13.5. The van der Waals surface area contributed by atoms with Crippen molar-refractivity contribution >= 4 is 11.9 Å². The number of carboxylic acids is 1. The van der Waals surface area contributed by atoms with Crippen molar-refractivity contribution < 1.29 is 23.5 Å². The molecule has 1 amide bonds. The molecule has 21 heavy (non-hydrogen) atoms. The number of nitrogens with zero attached hydrogens (tertiary/aromatic N) is 2. The standard InChI is InChI=1S/C14H18F2N2O3/c1-17(2)6-7-18(9-13(20)21)12(19)8-10-4-3-5-11(15)14(10)16/h3-5H,6-9H2,1-2H3,(H,20,21). The molecule has 0 heterocycles. The fourth-order valence-corrected chi connectivity index (χ4v) is 1.74.